The van der Waals surface area contributed by atoms with E-state index in [0.717, 1.165) is 21.3 Å². The highest BCUT2D eigenvalue weighted by atomic mass is 79.9. The third kappa shape index (κ3) is 4.22. The maximum Gasteiger partial charge on any atom is 0.352 e. The van der Waals surface area contributed by atoms with Crippen LogP contribution in [0, 0.1) is 0 Å². The molecular formula is C23H17BrClNO3. The zero-order valence-corrected chi connectivity index (χ0v) is 17.5. The predicted molar refractivity (Wildman–Crippen MR) is 117 cm³/mol. The molecule has 4 nitrogen and oxygen atoms in total. The first-order chi connectivity index (χ1) is 14.0. The van der Waals surface area contributed by atoms with Gasteiger partial charge in [0.2, 0.25) is 0 Å². The summed E-state index contributed by atoms with van der Waals surface area (Å²) >= 11 is 9.55. The van der Waals surface area contributed by atoms with Crippen molar-refractivity contribution in [2.45, 2.75) is 12.2 Å². The Hall–Kier alpha value is -2.60. The summed E-state index contributed by atoms with van der Waals surface area (Å²) in [4.78, 5) is 12.0. The second-order valence-electron chi connectivity index (χ2n) is 6.62. The number of carbonyl (C=O) groups is 1. The molecule has 1 aliphatic heterocycles. The lowest BCUT2D eigenvalue weighted by atomic mass is 9.98. The number of anilines is 1. The largest absolute Gasteiger partial charge is 0.448 e. The summed E-state index contributed by atoms with van der Waals surface area (Å²) in [6.45, 7) is 0. The van der Waals surface area contributed by atoms with E-state index in [1.165, 1.54) is 0 Å². The van der Waals surface area contributed by atoms with Gasteiger partial charge in [0.1, 0.15) is 11.1 Å². The molecule has 0 saturated carbocycles. The van der Waals surface area contributed by atoms with Crippen molar-refractivity contribution < 1.29 is 14.6 Å². The summed E-state index contributed by atoms with van der Waals surface area (Å²) in [6.07, 6.45) is -1.97. The van der Waals surface area contributed by atoms with Gasteiger partial charge in [-0.1, -0.05) is 82.1 Å². The standard InChI is InChI=1S/C23H17BrClNO3/c24-17-10-12-18(13-11-17)26-20-19(25)23(28)29-22(20)21(27)16-8-6-15(7-9-16)14-4-2-1-3-5-14/h1-13,21-22,26-27H/t21-,22-/m1/s1. The van der Waals surface area contributed by atoms with Gasteiger partial charge in [-0.2, -0.15) is 0 Å². The van der Waals surface area contributed by atoms with E-state index in [9.17, 15) is 9.90 Å². The molecule has 3 aromatic rings. The van der Waals surface area contributed by atoms with Crippen molar-refractivity contribution in [2.75, 3.05) is 5.32 Å². The lowest BCUT2D eigenvalue weighted by Crippen LogP contribution is -2.25. The fraction of sp³-hybridized carbons (Fsp3) is 0.0870. The Balaban J connectivity index is 1.57. The topological polar surface area (TPSA) is 58.6 Å². The molecule has 1 aliphatic rings. The number of hydrogen-bond acceptors (Lipinski definition) is 4. The van der Waals surface area contributed by atoms with Gasteiger partial charge in [0.05, 0.1) is 5.70 Å². The van der Waals surface area contributed by atoms with Crippen LogP contribution in [0.15, 0.2) is 94.1 Å². The van der Waals surface area contributed by atoms with Crippen molar-refractivity contribution in [3.05, 3.63) is 99.6 Å². The number of benzene rings is 3. The van der Waals surface area contributed by atoms with E-state index in [1.54, 1.807) is 0 Å². The van der Waals surface area contributed by atoms with Crippen molar-refractivity contribution in [3.63, 3.8) is 0 Å². The molecule has 0 aliphatic carbocycles. The Bertz CT molecular complexity index is 1050. The van der Waals surface area contributed by atoms with E-state index < -0.39 is 18.2 Å². The van der Waals surface area contributed by atoms with Crippen molar-refractivity contribution in [1.29, 1.82) is 0 Å². The Labute approximate surface area is 181 Å². The van der Waals surface area contributed by atoms with Crippen LogP contribution in [0.5, 0.6) is 0 Å². The van der Waals surface area contributed by atoms with Crippen LogP contribution >= 0.6 is 27.5 Å². The molecule has 0 saturated heterocycles. The van der Waals surface area contributed by atoms with Crippen LogP contribution in [-0.2, 0) is 9.53 Å². The van der Waals surface area contributed by atoms with Gasteiger partial charge < -0.3 is 15.2 Å². The van der Waals surface area contributed by atoms with Gasteiger partial charge in [-0.25, -0.2) is 4.79 Å². The number of aliphatic hydroxyl groups excluding tert-OH is 1. The monoisotopic (exact) mass is 469 g/mol. The maximum atomic E-state index is 12.0. The Morgan fingerprint density at radius 1 is 0.931 bits per heavy atom. The molecule has 0 radical (unpaired) electrons. The van der Waals surface area contributed by atoms with Crippen LogP contribution in [0.25, 0.3) is 11.1 Å². The average Bonchev–Trinajstić information content (AvgIpc) is 3.04. The molecule has 1 heterocycles. The second-order valence-corrected chi connectivity index (χ2v) is 7.91. The van der Waals surface area contributed by atoms with Crippen molar-refractivity contribution >= 4 is 39.2 Å². The molecular weight excluding hydrogens is 454 g/mol. The number of nitrogens with one attached hydrogen (secondary N) is 1. The van der Waals surface area contributed by atoms with Crippen LogP contribution in [0.1, 0.15) is 11.7 Å². The number of halogens is 2. The molecule has 2 atom stereocenters. The van der Waals surface area contributed by atoms with Crippen molar-refractivity contribution in [2.24, 2.45) is 0 Å². The van der Waals surface area contributed by atoms with E-state index in [0.29, 0.717) is 11.3 Å². The second kappa shape index (κ2) is 8.41. The van der Waals surface area contributed by atoms with Gasteiger partial charge in [-0.05, 0) is 41.0 Å². The third-order valence-corrected chi connectivity index (χ3v) is 5.59. The Kier molecular flexibility index (Phi) is 5.72. The van der Waals surface area contributed by atoms with E-state index in [4.69, 9.17) is 16.3 Å². The Morgan fingerprint density at radius 2 is 1.55 bits per heavy atom. The predicted octanol–water partition coefficient (Wildman–Crippen LogP) is 5.64. The highest BCUT2D eigenvalue weighted by Crippen LogP contribution is 2.35. The molecule has 4 rings (SSSR count). The van der Waals surface area contributed by atoms with Gasteiger partial charge >= 0.3 is 5.97 Å². The van der Waals surface area contributed by atoms with Crippen LogP contribution in [-0.4, -0.2) is 17.2 Å². The van der Waals surface area contributed by atoms with Gasteiger partial charge in [-0.15, -0.1) is 0 Å². The summed E-state index contributed by atoms with van der Waals surface area (Å²) < 4.78 is 6.27. The minimum atomic E-state index is -1.06. The van der Waals surface area contributed by atoms with Crippen molar-refractivity contribution in [3.8, 4) is 11.1 Å². The molecule has 0 spiro atoms. The molecule has 0 aromatic heterocycles. The van der Waals surface area contributed by atoms with Gasteiger partial charge in [-0.3, -0.25) is 0 Å². The number of aliphatic hydroxyl groups is 1. The van der Waals surface area contributed by atoms with Crippen LogP contribution in [0.3, 0.4) is 0 Å². The van der Waals surface area contributed by atoms with Gasteiger partial charge in [0.25, 0.3) is 0 Å². The Morgan fingerprint density at radius 3 is 2.21 bits per heavy atom. The SMILES string of the molecule is O=C1O[C@@H]([C@H](O)c2ccc(-c3ccccc3)cc2)C(Nc2ccc(Br)cc2)=C1Cl. The number of esters is 1. The number of cyclic esters (lactones) is 1. The number of rotatable bonds is 5. The van der Waals surface area contributed by atoms with Gasteiger partial charge in [0, 0.05) is 10.2 Å². The number of hydrogen-bond donors (Lipinski definition) is 2. The fourth-order valence-electron chi connectivity index (χ4n) is 3.18. The van der Waals surface area contributed by atoms with E-state index in [-0.39, 0.29) is 5.03 Å². The molecule has 6 heteroatoms. The van der Waals surface area contributed by atoms with Crippen LogP contribution < -0.4 is 5.32 Å². The smallest absolute Gasteiger partial charge is 0.352 e. The lowest BCUT2D eigenvalue weighted by molar-refractivity contribution is -0.143. The summed E-state index contributed by atoms with van der Waals surface area (Å²) in [7, 11) is 0. The highest BCUT2D eigenvalue weighted by Gasteiger charge is 2.39. The molecule has 0 fully saturated rings. The third-order valence-electron chi connectivity index (χ3n) is 4.70. The van der Waals surface area contributed by atoms with E-state index in [2.05, 4.69) is 21.2 Å². The zero-order chi connectivity index (χ0) is 20.4. The van der Waals surface area contributed by atoms with E-state index in [1.807, 2.05) is 78.9 Å². The fourth-order valence-corrected chi connectivity index (χ4v) is 3.64. The number of carbonyl (C=O) groups excluding carboxylic acids is 1. The molecule has 0 amide bonds. The molecule has 0 unspecified atom stereocenters. The van der Waals surface area contributed by atoms with E-state index >= 15 is 0 Å². The quantitative estimate of drug-likeness (QED) is 0.474. The first kappa shape index (κ1) is 19.7. The highest BCUT2D eigenvalue weighted by molar-refractivity contribution is 9.10. The summed E-state index contributed by atoms with van der Waals surface area (Å²) in [5, 5.41) is 13.9. The minimum Gasteiger partial charge on any atom is -0.448 e. The molecule has 29 heavy (non-hydrogen) atoms. The molecule has 146 valence electrons. The van der Waals surface area contributed by atoms with Crippen molar-refractivity contribution in [1.82, 2.24) is 0 Å². The first-order valence-electron chi connectivity index (χ1n) is 8.99. The van der Waals surface area contributed by atoms with Gasteiger partial charge in [0.15, 0.2) is 6.10 Å². The summed E-state index contributed by atoms with van der Waals surface area (Å²) in [6, 6.07) is 24.9. The number of ether oxygens (including phenoxy) is 1. The van der Waals surface area contributed by atoms with Crippen LogP contribution in [0.4, 0.5) is 5.69 Å². The summed E-state index contributed by atoms with van der Waals surface area (Å²) in [5.41, 5.74) is 3.83. The average molecular weight is 471 g/mol. The molecule has 2 N–H and O–H groups in total. The normalized spacial score (nSPS) is 17.2. The first-order valence-corrected chi connectivity index (χ1v) is 10.2. The minimum absolute atomic E-state index is 0.0575. The van der Waals surface area contributed by atoms with Crippen LogP contribution in [0.2, 0.25) is 0 Å². The zero-order valence-electron chi connectivity index (χ0n) is 15.2. The molecule has 3 aromatic carbocycles. The maximum absolute atomic E-state index is 12.0. The molecule has 0 bridgehead atoms. The summed E-state index contributed by atoms with van der Waals surface area (Å²) in [5.74, 6) is -0.656. The lowest BCUT2D eigenvalue weighted by Gasteiger charge is -2.22.